The van der Waals surface area contributed by atoms with Crippen LogP contribution in [0.25, 0.3) is 10.9 Å². The molecule has 0 N–H and O–H groups in total. The maximum atomic E-state index is 14.9. The summed E-state index contributed by atoms with van der Waals surface area (Å²) in [6.07, 6.45) is 5.28. The molecule has 3 heterocycles. The molecule has 8 heteroatoms. The first-order valence-corrected chi connectivity index (χ1v) is 9.67. The zero-order valence-corrected chi connectivity index (χ0v) is 15.9. The highest BCUT2D eigenvalue weighted by atomic mass is 31.0. The van der Waals surface area contributed by atoms with E-state index in [1.165, 1.54) is 6.07 Å². The topological polar surface area (TPSA) is 64.1 Å². The number of carbonyl (C=O) groups excluding carboxylic acids is 1. The monoisotopic (exact) mass is 390 g/mol. The van der Waals surface area contributed by atoms with Crippen LogP contribution in [0.3, 0.4) is 0 Å². The van der Waals surface area contributed by atoms with E-state index in [4.69, 9.17) is 4.74 Å². The zero-order valence-electron chi connectivity index (χ0n) is 14.7. The molecule has 0 bridgehead atoms. The summed E-state index contributed by atoms with van der Waals surface area (Å²) in [4.78, 5) is 26.7. The molecule has 2 saturated heterocycles. The predicted molar refractivity (Wildman–Crippen MR) is 102 cm³/mol. The summed E-state index contributed by atoms with van der Waals surface area (Å²) in [6, 6.07) is 3.25. The van der Waals surface area contributed by atoms with Crippen molar-refractivity contribution in [2.45, 2.75) is 37.3 Å². The Hall–Kier alpha value is -1.98. The molecular formula is C19H20FN2O4P. The van der Waals surface area contributed by atoms with Crippen molar-refractivity contribution < 1.29 is 18.4 Å². The lowest BCUT2D eigenvalue weighted by atomic mass is 9.97. The highest BCUT2D eigenvalue weighted by Gasteiger charge is 2.46. The fraction of sp³-hybridized carbons (Fsp3) is 0.474. The van der Waals surface area contributed by atoms with Crippen molar-refractivity contribution in [2.24, 2.45) is 0 Å². The fourth-order valence-electron chi connectivity index (χ4n) is 4.01. The van der Waals surface area contributed by atoms with Crippen LogP contribution in [0.15, 0.2) is 23.1 Å². The predicted octanol–water partition coefficient (Wildman–Crippen LogP) is 2.79. The van der Waals surface area contributed by atoms with Gasteiger partial charge < -0.3 is 18.7 Å². The Balaban J connectivity index is 1.63. The number of carbonyl (C=O) groups is 1. The minimum Gasteiger partial charge on any atom is -0.448 e. The van der Waals surface area contributed by atoms with Crippen LogP contribution in [0.2, 0.25) is 0 Å². The van der Waals surface area contributed by atoms with Gasteiger partial charge in [0.1, 0.15) is 11.4 Å². The van der Waals surface area contributed by atoms with Gasteiger partial charge in [-0.2, -0.15) is 0 Å². The SMILES string of the molecule is O=C(OP)c1cn(C2CC2)c2cc(N3CCC4(CC3)CO4)c(F)cc2c1=O. The average Bonchev–Trinajstić information content (AvgIpc) is 3.59. The molecule has 1 aromatic carbocycles. The van der Waals surface area contributed by atoms with Crippen molar-refractivity contribution in [3.63, 3.8) is 0 Å². The Morgan fingerprint density at radius 2 is 2.00 bits per heavy atom. The second kappa shape index (κ2) is 6.01. The Labute approximate surface area is 157 Å². The molecule has 142 valence electrons. The van der Waals surface area contributed by atoms with Gasteiger partial charge in [-0.05, 0) is 37.8 Å². The molecule has 27 heavy (non-hydrogen) atoms. The molecule has 3 fully saturated rings. The second-order valence-corrected chi connectivity index (χ2v) is 7.93. The summed E-state index contributed by atoms with van der Waals surface area (Å²) in [7, 11) is 1.86. The summed E-state index contributed by atoms with van der Waals surface area (Å²) in [5.41, 5.74) is 0.634. The van der Waals surface area contributed by atoms with Crippen molar-refractivity contribution in [3.05, 3.63) is 39.9 Å². The highest BCUT2D eigenvalue weighted by molar-refractivity contribution is 7.10. The van der Waals surface area contributed by atoms with E-state index in [1.54, 1.807) is 12.3 Å². The molecule has 1 aliphatic carbocycles. The molecule has 1 atom stereocenters. The first-order valence-electron chi connectivity index (χ1n) is 9.20. The fourth-order valence-corrected chi connectivity index (χ4v) is 4.14. The van der Waals surface area contributed by atoms with Gasteiger partial charge in [-0.25, -0.2) is 9.18 Å². The molecular weight excluding hydrogens is 370 g/mol. The summed E-state index contributed by atoms with van der Waals surface area (Å²) < 4.78 is 27.0. The van der Waals surface area contributed by atoms with Crippen molar-refractivity contribution >= 4 is 32.0 Å². The van der Waals surface area contributed by atoms with E-state index in [0.717, 1.165) is 45.4 Å². The number of halogens is 1. The average molecular weight is 390 g/mol. The summed E-state index contributed by atoms with van der Waals surface area (Å²) in [5.74, 6) is -1.16. The number of aromatic nitrogens is 1. The van der Waals surface area contributed by atoms with Gasteiger partial charge in [0.15, 0.2) is 0 Å². The van der Waals surface area contributed by atoms with E-state index in [0.29, 0.717) is 11.2 Å². The van der Waals surface area contributed by atoms with Gasteiger partial charge in [0, 0.05) is 30.7 Å². The molecule has 1 aromatic heterocycles. The maximum Gasteiger partial charge on any atom is 0.345 e. The van der Waals surface area contributed by atoms with Gasteiger partial charge in [0.25, 0.3) is 0 Å². The third kappa shape index (κ3) is 2.84. The molecule has 0 radical (unpaired) electrons. The Morgan fingerprint density at radius 3 is 2.59 bits per heavy atom. The second-order valence-electron chi connectivity index (χ2n) is 7.70. The van der Waals surface area contributed by atoms with E-state index in [9.17, 15) is 14.0 Å². The third-order valence-corrected chi connectivity index (χ3v) is 6.15. The van der Waals surface area contributed by atoms with Gasteiger partial charge in [-0.1, -0.05) is 0 Å². The van der Waals surface area contributed by atoms with Crippen LogP contribution in [-0.2, 0) is 9.26 Å². The minimum atomic E-state index is -0.725. The molecule has 3 aliphatic rings. The molecule has 0 amide bonds. The number of fused-ring (bicyclic) bond motifs is 1. The quantitative estimate of drug-likeness (QED) is 0.596. The number of epoxide rings is 1. The first kappa shape index (κ1) is 17.1. The normalized spacial score (nSPS) is 20.9. The van der Waals surface area contributed by atoms with Gasteiger partial charge in [0.2, 0.25) is 5.43 Å². The van der Waals surface area contributed by atoms with Crippen LogP contribution in [0.5, 0.6) is 0 Å². The number of rotatable bonds is 3. The smallest absolute Gasteiger partial charge is 0.345 e. The Morgan fingerprint density at radius 1 is 1.30 bits per heavy atom. The van der Waals surface area contributed by atoms with Gasteiger partial charge in [-0.3, -0.25) is 4.79 Å². The molecule has 1 saturated carbocycles. The molecule has 1 unspecified atom stereocenters. The summed E-state index contributed by atoms with van der Waals surface area (Å²) >= 11 is 0. The Bertz CT molecular complexity index is 1000. The minimum absolute atomic E-state index is 0.0212. The van der Waals surface area contributed by atoms with E-state index < -0.39 is 17.2 Å². The number of piperidine rings is 1. The van der Waals surface area contributed by atoms with Crippen LogP contribution in [0, 0.1) is 5.82 Å². The lowest BCUT2D eigenvalue weighted by molar-refractivity contribution is 0.0763. The largest absolute Gasteiger partial charge is 0.448 e. The van der Waals surface area contributed by atoms with Gasteiger partial charge in [0.05, 0.1) is 32.9 Å². The number of ether oxygens (including phenoxy) is 1. The number of anilines is 1. The lowest BCUT2D eigenvalue weighted by Gasteiger charge is -2.32. The van der Waals surface area contributed by atoms with Crippen LogP contribution >= 0.6 is 9.47 Å². The number of benzene rings is 1. The molecule has 1 spiro atoms. The Kier molecular flexibility index (Phi) is 3.82. The molecule has 2 aliphatic heterocycles. The van der Waals surface area contributed by atoms with E-state index >= 15 is 0 Å². The number of hydrogen-bond acceptors (Lipinski definition) is 5. The van der Waals surface area contributed by atoms with Crippen molar-refractivity contribution in [2.75, 3.05) is 24.6 Å². The van der Waals surface area contributed by atoms with Crippen LogP contribution in [0.1, 0.15) is 42.1 Å². The van der Waals surface area contributed by atoms with Crippen LogP contribution in [0.4, 0.5) is 10.1 Å². The summed E-state index contributed by atoms with van der Waals surface area (Å²) in [6.45, 7) is 2.26. The summed E-state index contributed by atoms with van der Waals surface area (Å²) in [5, 5.41) is 0.218. The zero-order chi connectivity index (χ0) is 18.8. The highest BCUT2D eigenvalue weighted by Crippen LogP contribution is 2.41. The van der Waals surface area contributed by atoms with Crippen molar-refractivity contribution in [1.29, 1.82) is 0 Å². The molecule has 6 nitrogen and oxygen atoms in total. The van der Waals surface area contributed by atoms with Crippen LogP contribution < -0.4 is 10.3 Å². The standard InChI is InChI=1S/C19H20FN2O4P/c20-14-7-12-15(8-16(14)21-5-3-19(4-6-21)10-25-19)22(11-1-2-11)9-13(17(12)23)18(24)26-27/h7-9,11H,1-6,10,27H2. The number of nitrogens with zero attached hydrogens (tertiary/aromatic N) is 2. The number of pyridine rings is 1. The lowest BCUT2D eigenvalue weighted by Crippen LogP contribution is -2.38. The maximum absolute atomic E-state index is 14.9. The van der Waals surface area contributed by atoms with Gasteiger partial charge >= 0.3 is 5.97 Å². The molecule has 2 aromatic rings. The third-order valence-electron chi connectivity index (χ3n) is 5.94. The van der Waals surface area contributed by atoms with E-state index in [2.05, 4.69) is 4.52 Å². The molecule has 5 rings (SSSR count). The van der Waals surface area contributed by atoms with Crippen LogP contribution in [-0.4, -0.2) is 35.8 Å². The first-order chi connectivity index (χ1) is 13.0. The van der Waals surface area contributed by atoms with Crippen molar-refractivity contribution in [1.82, 2.24) is 4.57 Å². The number of hydrogen-bond donors (Lipinski definition) is 0. The van der Waals surface area contributed by atoms with Crippen molar-refractivity contribution in [3.8, 4) is 0 Å². The van der Waals surface area contributed by atoms with Gasteiger partial charge in [-0.15, -0.1) is 0 Å². The van der Waals surface area contributed by atoms with E-state index in [1.807, 2.05) is 18.9 Å². The van der Waals surface area contributed by atoms with E-state index in [-0.39, 0.29) is 22.6 Å².